The van der Waals surface area contributed by atoms with Crippen LogP contribution in [0.3, 0.4) is 0 Å². The van der Waals surface area contributed by atoms with Crippen LogP contribution < -0.4 is 14.8 Å². The molecule has 3 rings (SSSR count). The van der Waals surface area contributed by atoms with Gasteiger partial charge in [0, 0.05) is 4.47 Å². The lowest BCUT2D eigenvalue weighted by Gasteiger charge is -2.13. The van der Waals surface area contributed by atoms with Crippen molar-refractivity contribution in [3.63, 3.8) is 0 Å². The first-order valence-corrected chi connectivity index (χ1v) is 9.91. The third kappa shape index (κ3) is 4.86. The van der Waals surface area contributed by atoms with Gasteiger partial charge in [0.15, 0.2) is 11.5 Å². The minimum absolute atomic E-state index is 0.203. The van der Waals surface area contributed by atoms with Crippen LogP contribution in [-0.4, -0.2) is 30.1 Å². The molecule has 0 bridgehead atoms. The van der Waals surface area contributed by atoms with Crippen molar-refractivity contribution < 1.29 is 19.1 Å². The fraction of sp³-hybridized carbons (Fsp3) is 0.182. The zero-order chi connectivity index (χ0) is 20.8. The van der Waals surface area contributed by atoms with E-state index in [0.717, 1.165) is 5.56 Å². The van der Waals surface area contributed by atoms with Crippen molar-refractivity contribution in [3.05, 3.63) is 76.4 Å². The zero-order valence-corrected chi connectivity index (χ0v) is 17.6. The van der Waals surface area contributed by atoms with Gasteiger partial charge in [-0.25, -0.2) is 4.79 Å². The quantitative estimate of drug-likeness (QED) is 0.360. The Morgan fingerprint density at radius 2 is 1.86 bits per heavy atom. The molecule has 2 aromatic rings. The van der Waals surface area contributed by atoms with Gasteiger partial charge in [0.2, 0.25) is 0 Å². The van der Waals surface area contributed by atoms with E-state index in [0.29, 0.717) is 34.7 Å². The Morgan fingerprint density at radius 3 is 2.55 bits per heavy atom. The molecule has 6 nitrogen and oxygen atoms in total. The van der Waals surface area contributed by atoms with Gasteiger partial charge in [0.05, 0.1) is 13.2 Å². The van der Waals surface area contributed by atoms with Crippen molar-refractivity contribution in [1.82, 2.24) is 10.2 Å². The van der Waals surface area contributed by atoms with Crippen molar-refractivity contribution in [1.29, 1.82) is 0 Å². The summed E-state index contributed by atoms with van der Waals surface area (Å²) in [6.07, 6.45) is 3.27. The van der Waals surface area contributed by atoms with Gasteiger partial charge in [-0.3, -0.25) is 9.69 Å². The monoisotopic (exact) mass is 456 g/mol. The maximum absolute atomic E-state index is 12.7. The second kappa shape index (κ2) is 9.43. The molecule has 0 aromatic heterocycles. The topological polar surface area (TPSA) is 67.9 Å². The summed E-state index contributed by atoms with van der Waals surface area (Å²) in [6.45, 7) is 6.53. The second-order valence-electron chi connectivity index (χ2n) is 6.22. The number of carbonyl (C=O) groups excluding carboxylic acids is 2. The number of carbonyl (C=O) groups is 2. The standard InChI is InChI=1S/C22H21BrN2O4/c1-3-10-29-20-13-17(23)16(12-19(20)28-4-2)11-18-21(26)25(22(27)24-18)14-15-8-6-5-7-9-15/h3,5-9,11-13H,1,4,10,14H2,2H3,(H,24,27)/b18-11+. The molecule has 0 saturated carbocycles. The molecule has 7 heteroatoms. The smallest absolute Gasteiger partial charge is 0.329 e. The fourth-order valence-electron chi connectivity index (χ4n) is 2.83. The summed E-state index contributed by atoms with van der Waals surface area (Å²) < 4.78 is 12.0. The van der Waals surface area contributed by atoms with Crippen LogP contribution in [0.1, 0.15) is 18.1 Å². The number of nitrogens with zero attached hydrogens (tertiary/aromatic N) is 1. The lowest BCUT2D eigenvalue weighted by atomic mass is 10.1. The van der Waals surface area contributed by atoms with E-state index < -0.39 is 6.03 Å². The molecule has 1 saturated heterocycles. The molecule has 0 spiro atoms. The number of urea groups is 1. The fourth-order valence-corrected chi connectivity index (χ4v) is 3.26. The molecule has 1 aliphatic heterocycles. The summed E-state index contributed by atoms with van der Waals surface area (Å²) in [5.41, 5.74) is 1.76. The molecule has 2 aromatic carbocycles. The highest BCUT2D eigenvalue weighted by Crippen LogP contribution is 2.35. The summed E-state index contributed by atoms with van der Waals surface area (Å²) >= 11 is 3.49. The first-order chi connectivity index (χ1) is 14.0. The van der Waals surface area contributed by atoms with Crippen LogP contribution in [0.25, 0.3) is 6.08 Å². The first kappa shape index (κ1) is 20.7. The summed E-state index contributed by atoms with van der Waals surface area (Å²) in [5, 5.41) is 2.64. The minimum Gasteiger partial charge on any atom is -0.490 e. The maximum Gasteiger partial charge on any atom is 0.329 e. The number of halogens is 1. The Bertz CT molecular complexity index is 957. The predicted octanol–water partition coefficient (Wildman–Crippen LogP) is 4.51. The zero-order valence-electron chi connectivity index (χ0n) is 16.0. The maximum atomic E-state index is 12.7. The van der Waals surface area contributed by atoms with Crippen LogP contribution in [-0.2, 0) is 11.3 Å². The molecule has 3 amide bonds. The number of hydrogen-bond donors (Lipinski definition) is 1. The van der Waals surface area contributed by atoms with Crippen molar-refractivity contribution in [2.45, 2.75) is 13.5 Å². The van der Waals surface area contributed by atoms with Gasteiger partial charge in [-0.1, -0.05) is 58.9 Å². The van der Waals surface area contributed by atoms with E-state index in [1.807, 2.05) is 37.3 Å². The van der Waals surface area contributed by atoms with Crippen LogP contribution in [0.5, 0.6) is 11.5 Å². The summed E-state index contributed by atoms with van der Waals surface area (Å²) in [7, 11) is 0. The Morgan fingerprint density at radius 1 is 1.14 bits per heavy atom. The van der Waals surface area contributed by atoms with Crippen molar-refractivity contribution >= 4 is 33.9 Å². The predicted molar refractivity (Wildman–Crippen MR) is 115 cm³/mol. The van der Waals surface area contributed by atoms with E-state index in [4.69, 9.17) is 9.47 Å². The lowest BCUT2D eigenvalue weighted by molar-refractivity contribution is -0.123. The van der Waals surface area contributed by atoms with E-state index in [1.54, 1.807) is 24.3 Å². The van der Waals surface area contributed by atoms with Crippen LogP contribution in [0.2, 0.25) is 0 Å². The highest BCUT2D eigenvalue weighted by molar-refractivity contribution is 9.10. The molecule has 0 unspecified atom stereocenters. The van der Waals surface area contributed by atoms with Gasteiger partial charge >= 0.3 is 6.03 Å². The Labute approximate surface area is 177 Å². The van der Waals surface area contributed by atoms with Gasteiger partial charge in [-0.05, 0) is 36.3 Å². The third-order valence-electron chi connectivity index (χ3n) is 4.17. The second-order valence-corrected chi connectivity index (χ2v) is 7.07. The average molecular weight is 457 g/mol. The number of imide groups is 1. The number of benzene rings is 2. The number of nitrogens with one attached hydrogen (secondary N) is 1. The SMILES string of the molecule is C=CCOc1cc(Br)c(/C=C2/NC(=O)N(Cc3ccccc3)C2=O)cc1OCC. The lowest BCUT2D eigenvalue weighted by Crippen LogP contribution is -2.30. The van der Waals surface area contributed by atoms with Gasteiger partial charge < -0.3 is 14.8 Å². The Kier molecular flexibility index (Phi) is 6.72. The molecule has 1 N–H and O–H groups in total. The molecule has 1 aliphatic rings. The summed E-state index contributed by atoms with van der Waals surface area (Å²) in [5.74, 6) is 0.728. The third-order valence-corrected chi connectivity index (χ3v) is 4.85. The van der Waals surface area contributed by atoms with E-state index in [2.05, 4.69) is 27.8 Å². The molecular formula is C22H21BrN2O4. The highest BCUT2D eigenvalue weighted by atomic mass is 79.9. The minimum atomic E-state index is -0.447. The average Bonchev–Trinajstić information content (AvgIpc) is 2.97. The van der Waals surface area contributed by atoms with Gasteiger partial charge in [-0.15, -0.1) is 0 Å². The number of hydrogen-bond acceptors (Lipinski definition) is 4. The first-order valence-electron chi connectivity index (χ1n) is 9.12. The molecule has 1 heterocycles. The molecule has 0 atom stereocenters. The highest BCUT2D eigenvalue weighted by Gasteiger charge is 2.33. The molecule has 29 heavy (non-hydrogen) atoms. The molecule has 0 radical (unpaired) electrons. The van der Waals surface area contributed by atoms with Crippen LogP contribution in [0.4, 0.5) is 4.79 Å². The Balaban J connectivity index is 1.87. The van der Waals surface area contributed by atoms with Crippen LogP contribution >= 0.6 is 15.9 Å². The van der Waals surface area contributed by atoms with Crippen molar-refractivity contribution in [3.8, 4) is 11.5 Å². The van der Waals surface area contributed by atoms with Crippen molar-refractivity contribution in [2.75, 3.05) is 13.2 Å². The number of ether oxygens (including phenoxy) is 2. The Hall–Kier alpha value is -3.06. The van der Waals surface area contributed by atoms with Crippen molar-refractivity contribution in [2.24, 2.45) is 0 Å². The number of amides is 3. The van der Waals surface area contributed by atoms with E-state index in [1.165, 1.54) is 4.90 Å². The van der Waals surface area contributed by atoms with Crippen LogP contribution in [0.15, 0.2) is 65.3 Å². The summed E-state index contributed by atoms with van der Waals surface area (Å²) in [4.78, 5) is 26.2. The van der Waals surface area contributed by atoms with E-state index in [-0.39, 0.29) is 18.1 Å². The molecular weight excluding hydrogens is 436 g/mol. The number of rotatable bonds is 8. The van der Waals surface area contributed by atoms with Gasteiger partial charge in [0.25, 0.3) is 5.91 Å². The van der Waals surface area contributed by atoms with E-state index >= 15 is 0 Å². The summed E-state index contributed by atoms with van der Waals surface area (Å²) in [6, 6.07) is 12.4. The molecule has 1 fully saturated rings. The van der Waals surface area contributed by atoms with Gasteiger partial charge in [-0.2, -0.15) is 0 Å². The van der Waals surface area contributed by atoms with E-state index in [9.17, 15) is 9.59 Å². The largest absolute Gasteiger partial charge is 0.490 e. The normalized spacial score (nSPS) is 14.8. The molecule has 150 valence electrons. The van der Waals surface area contributed by atoms with Crippen LogP contribution in [0, 0.1) is 0 Å². The van der Waals surface area contributed by atoms with Gasteiger partial charge in [0.1, 0.15) is 12.3 Å². The molecule has 0 aliphatic carbocycles.